The van der Waals surface area contributed by atoms with E-state index < -0.39 is 26.6 Å². The lowest BCUT2D eigenvalue weighted by atomic mass is 10.2. The van der Waals surface area contributed by atoms with Gasteiger partial charge in [0.15, 0.2) is 10.7 Å². The molecule has 2 aromatic rings. The number of rotatable bonds is 2. The first-order valence-corrected chi connectivity index (χ1v) is 7.60. The molecule has 0 amide bonds. The number of amidine groups is 1. The lowest BCUT2D eigenvalue weighted by Gasteiger charge is -2.30. The molecule has 0 radical (unpaired) electrons. The summed E-state index contributed by atoms with van der Waals surface area (Å²) in [5.74, 6) is -2.07. The topological polar surface area (TPSA) is 74.7 Å². The van der Waals surface area contributed by atoms with Crippen molar-refractivity contribution in [3.8, 4) is 0 Å². The molecule has 1 aliphatic rings. The van der Waals surface area contributed by atoms with Crippen LogP contribution < -0.4 is 10.4 Å². The van der Waals surface area contributed by atoms with Gasteiger partial charge in [-0.15, -0.1) is 4.40 Å². The van der Waals surface area contributed by atoms with Crippen LogP contribution in [0.3, 0.4) is 0 Å². The predicted octanol–water partition coefficient (Wildman–Crippen LogP) is 1.45. The Morgan fingerprint density at radius 2 is 1.86 bits per heavy atom. The van der Waals surface area contributed by atoms with E-state index in [0.29, 0.717) is 11.6 Å². The molecule has 114 valence electrons. The quantitative estimate of drug-likeness (QED) is 0.905. The number of sulfonamides is 1. The molecule has 2 heterocycles. The monoisotopic (exact) mass is 324 g/mol. The SMILES string of the molecule is CNN1C(c2ccncc2)=NS(=O)(=O)c2c(F)cc(F)cc21. The third kappa shape index (κ3) is 2.24. The van der Waals surface area contributed by atoms with Gasteiger partial charge in [0.1, 0.15) is 11.6 Å². The largest absolute Gasteiger partial charge is 0.289 e. The van der Waals surface area contributed by atoms with Crippen LogP contribution in [0.4, 0.5) is 14.5 Å². The third-order valence-corrected chi connectivity index (χ3v) is 4.40. The molecule has 1 aliphatic heterocycles. The van der Waals surface area contributed by atoms with Gasteiger partial charge in [-0.2, -0.15) is 8.42 Å². The van der Waals surface area contributed by atoms with Crippen molar-refractivity contribution in [1.82, 2.24) is 10.4 Å². The standard InChI is InChI=1S/C13H10F2N4O2S/c1-16-19-11-7-9(14)6-10(15)12(11)22(20,21)18-13(19)8-2-4-17-5-3-8/h2-7,16H,1H3. The zero-order valence-electron chi connectivity index (χ0n) is 11.3. The second kappa shape index (κ2) is 5.11. The Hall–Kier alpha value is -2.39. The molecular formula is C13H10F2N4O2S. The van der Waals surface area contributed by atoms with E-state index in [9.17, 15) is 17.2 Å². The molecule has 3 rings (SSSR count). The van der Waals surface area contributed by atoms with Crippen molar-refractivity contribution in [1.29, 1.82) is 0 Å². The molecule has 0 aliphatic carbocycles. The third-order valence-electron chi connectivity index (χ3n) is 3.07. The molecule has 1 N–H and O–H groups in total. The number of hydrogen-bond acceptors (Lipinski definition) is 5. The van der Waals surface area contributed by atoms with Crippen LogP contribution in [0.1, 0.15) is 5.56 Å². The summed E-state index contributed by atoms with van der Waals surface area (Å²) in [4.78, 5) is 3.17. The normalized spacial score (nSPS) is 16.1. The number of hydrazine groups is 1. The Labute approximate surface area is 125 Å². The number of fused-ring (bicyclic) bond motifs is 1. The van der Waals surface area contributed by atoms with Crippen LogP contribution in [0.15, 0.2) is 46.0 Å². The zero-order valence-corrected chi connectivity index (χ0v) is 12.1. The smallest absolute Gasteiger partial charge is 0.265 e. The van der Waals surface area contributed by atoms with Crippen LogP contribution in [0.25, 0.3) is 0 Å². The first-order chi connectivity index (χ1) is 10.4. The first kappa shape index (κ1) is 14.5. The number of pyridine rings is 1. The van der Waals surface area contributed by atoms with E-state index >= 15 is 0 Å². The number of nitrogens with one attached hydrogen (secondary N) is 1. The summed E-state index contributed by atoms with van der Waals surface area (Å²) in [6.07, 6.45) is 2.92. The summed E-state index contributed by atoms with van der Waals surface area (Å²) in [7, 11) is -2.80. The minimum atomic E-state index is -4.29. The Morgan fingerprint density at radius 1 is 1.18 bits per heavy atom. The summed E-state index contributed by atoms with van der Waals surface area (Å²) >= 11 is 0. The van der Waals surface area contributed by atoms with Gasteiger partial charge >= 0.3 is 0 Å². The molecule has 0 spiro atoms. The van der Waals surface area contributed by atoms with Gasteiger partial charge < -0.3 is 0 Å². The van der Waals surface area contributed by atoms with E-state index in [4.69, 9.17) is 0 Å². The fourth-order valence-electron chi connectivity index (χ4n) is 2.19. The Kier molecular flexibility index (Phi) is 3.38. The number of aromatic nitrogens is 1. The van der Waals surface area contributed by atoms with Crippen molar-refractivity contribution in [3.63, 3.8) is 0 Å². The maximum atomic E-state index is 13.9. The number of anilines is 1. The molecule has 9 heteroatoms. The Bertz CT molecular complexity index is 869. The van der Waals surface area contributed by atoms with Gasteiger partial charge in [-0.05, 0) is 12.1 Å². The number of hydrogen-bond donors (Lipinski definition) is 1. The van der Waals surface area contributed by atoms with Gasteiger partial charge in [0, 0.05) is 37.1 Å². The van der Waals surface area contributed by atoms with Gasteiger partial charge in [0.05, 0.1) is 5.69 Å². The lowest BCUT2D eigenvalue weighted by Crippen LogP contribution is -2.44. The molecule has 0 bridgehead atoms. The van der Waals surface area contributed by atoms with E-state index in [-0.39, 0.29) is 11.5 Å². The average Bonchev–Trinajstić information content (AvgIpc) is 2.46. The number of halogens is 2. The fraction of sp³-hybridized carbons (Fsp3) is 0.0769. The van der Waals surface area contributed by atoms with Crippen molar-refractivity contribution < 1.29 is 17.2 Å². The average molecular weight is 324 g/mol. The molecular weight excluding hydrogens is 314 g/mol. The van der Waals surface area contributed by atoms with Gasteiger partial charge in [0.2, 0.25) is 0 Å². The fourth-order valence-corrected chi connectivity index (χ4v) is 3.42. The summed E-state index contributed by atoms with van der Waals surface area (Å²) in [6.45, 7) is 0. The summed E-state index contributed by atoms with van der Waals surface area (Å²) in [5, 5.41) is 1.21. The summed E-state index contributed by atoms with van der Waals surface area (Å²) < 4.78 is 55.5. The van der Waals surface area contributed by atoms with Gasteiger partial charge in [-0.1, -0.05) is 0 Å². The molecule has 1 aromatic heterocycles. The second-order valence-corrected chi connectivity index (χ2v) is 5.96. The minimum Gasteiger partial charge on any atom is -0.265 e. The Morgan fingerprint density at radius 3 is 2.50 bits per heavy atom. The number of nitrogens with zero attached hydrogens (tertiary/aromatic N) is 3. The Balaban J connectivity index is 2.31. The van der Waals surface area contributed by atoms with Crippen LogP contribution in [0.5, 0.6) is 0 Å². The molecule has 22 heavy (non-hydrogen) atoms. The van der Waals surface area contributed by atoms with Crippen LogP contribution in [-0.2, 0) is 10.0 Å². The van der Waals surface area contributed by atoms with Crippen LogP contribution in [0, 0.1) is 11.6 Å². The predicted molar refractivity (Wildman–Crippen MR) is 75.9 cm³/mol. The minimum absolute atomic E-state index is 0.00222. The molecule has 0 saturated carbocycles. The van der Waals surface area contributed by atoms with Gasteiger partial charge in [-0.25, -0.2) is 14.2 Å². The highest BCUT2D eigenvalue weighted by molar-refractivity contribution is 7.90. The van der Waals surface area contributed by atoms with E-state index in [1.165, 1.54) is 24.5 Å². The first-order valence-electron chi connectivity index (χ1n) is 6.16. The van der Waals surface area contributed by atoms with Crippen molar-refractivity contribution in [2.45, 2.75) is 4.90 Å². The maximum Gasteiger partial charge on any atom is 0.289 e. The van der Waals surface area contributed by atoms with E-state index in [2.05, 4.69) is 14.8 Å². The van der Waals surface area contributed by atoms with E-state index in [1.54, 1.807) is 12.1 Å². The van der Waals surface area contributed by atoms with Crippen molar-refractivity contribution in [2.24, 2.45) is 4.40 Å². The molecule has 0 saturated heterocycles. The highest BCUT2D eigenvalue weighted by Crippen LogP contribution is 2.34. The van der Waals surface area contributed by atoms with Crippen LogP contribution in [0.2, 0.25) is 0 Å². The molecule has 1 aromatic carbocycles. The molecule has 0 atom stereocenters. The van der Waals surface area contributed by atoms with E-state index in [1.807, 2.05) is 0 Å². The number of benzene rings is 1. The van der Waals surface area contributed by atoms with Crippen molar-refractivity contribution >= 4 is 21.5 Å². The highest BCUT2D eigenvalue weighted by Gasteiger charge is 2.34. The maximum absolute atomic E-state index is 13.9. The van der Waals surface area contributed by atoms with Crippen molar-refractivity contribution in [2.75, 3.05) is 12.1 Å². The zero-order chi connectivity index (χ0) is 15.9. The van der Waals surface area contributed by atoms with Crippen LogP contribution in [-0.4, -0.2) is 26.3 Å². The second-order valence-electron chi connectivity index (χ2n) is 4.42. The van der Waals surface area contributed by atoms with Crippen LogP contribution >= 0.6 is 0 Å². The van der Waals surface area contributed by atoms with Gasteiger partial charge in [0.25, 0.3) is 10.0 Å². The van der Waals surface area contributed by atoms with E-state index in [0.717, 1.165) is 6.07 Å². The summed E-state index contributed by atoms with van der Waals surface area (Å²) in [6, 6.07) is 4.53. The summed E-state index contributed by atoms with van der Waals surface area (Å²) in [5.41, 5.74) is 2.95. The van der Waals surface area contributed by atoms with Crippen molar-refractivity contribution in [3.05, 3.63) is 53.9 Å². The van der Waals surface area contributed by atoms with Gasteiger partial charge in [-0.3, -0.25) is 9.99 Å². The molecule has 0 fully saturated rings. The molecule has 6 nitrogen and oxygen atoms in total. The highest BCUT2D eigenvalue weighted by atomic mass is 32.2. The molecule has 0 unspecified atom stereocenters. The lowest BCUT2D eigenvalue weighted by molar-refractivity contribution is 0.547.